The topological polar surface area (TPSA) is 79.0 Å². The smallest absolute Gasteiger partial charge is 0.267 e. The number of anilines is 1. The zero-order valence-corrected chi connectivity index (χ0v) is 10.4. The van der Waals surface area contributed by atoms with Gasteiger partial charge in [0, 0.05) is 20.2 Å². The lowest BCUT2D eigenvalue weighted by molar-refractivity contribution is 0.111. The summed E-state index contributed by atoms with van der Waals surface area (Å²) in [4.78, 5) is 17.9. The molecular formula is C9H13BrN4O2. The van der Waals surface area contributed by atoms with Crippen LogP contribution in [0.25, 0.3) is 0 Å². The zero-order chi connectivity index (χ0) is 11.5. The highest BCUT2D eigenvalue weighted by Gasteiger charge is 2.27. The van der Waals surface area contributed by atoms with E-state index in [1.807, 2.05) is 0 Å². The molecule has 0 spiro atoms. The van der Waals surface area contributed by atoms with Gasteiger partial charge in [0.2, 0.25) is 0 Å². The number of aromatic amines is 1. The fraction of sp³-hybridized carbons (Fsp3) is 0.556. The summed E-state index contributed by atoms with van der Waals surface area (Å²) in [7, 11) is 1.67. The van der Waals surface area contributed by atoms with Gasteiger partial charge in [0.05, 0.1) is 18.5 Å². The zero-order valence-electron chi connectivity index (χ0n) is 8.79. The predicted octanol–water partition coefficient (Wildman–Crippen LogP) is -0.0689. The first-order chi connectivity index (χ1) is 7.72. The average Bonchev–Trinajstić information content (AvgIpc) is 2.72. The molecular weight excluding hydrogens is 276 g/mol. The Balaban J connectivity index is 2.14. The van der Waals surface area contributed by atoms with Crippen molar-refractivity contribution in [1.82, 2.24) is 15.3 Å². The van der Waals surface area contributed by atoms with Crippen LogP contribution in [0.5, 0.6) is 0 Å². The van der Waals surface area contributed by atoms with Gasteiger partial charge < -0.3 is 20.4 Å². The van der Waals surface area contributed by atoms with Crippen LogP contribution in [0.4, 0.5) is 5.82 Å². The second kappa shape index (κ2) is 4.94. The van der Waals surface area contributed by atoms with E-state index in [1.165, 1.54) is 6.33 Å². The van der Waals surface area contributed by atoms with Crippen LogP contribution in [-0.4, -0.2) is 42.3 Å². The minimum atomic E-state index is -0.197. The van der Waals surface area contributed by atoms with E-state index in [-0.39, 0.29) is 17.7 Å². The van der Waals surface area contributed by atoms with Gasteiger partial charge in [0.25, 0.3) is 5.56 Å². The van der Waals surface area contributed by atoms with Crippen LogP contribution in [0.3, 0.4) is 0 Å². The van der Waals surface area contributed by atoms with Gasteiger partial charge in [-0.2, -0.15) is 0 Å². The fourth-order valence-electron chi connectivity index (χ4n) is 1.71. The summed E-state index contributed by atoms with van der Waals surface area (Å²) < 4.78 is 5.73. The molecule has 0 saturated carbocycles. The van der Waals surface area contributed by atoms with E-state index in [0.717, 1.165) is 13.1 Å². The van der Waals surface area contributed by atoms with E-state index in [9.17, 15) is 4.79 Å². The number of ether oxygens (including phenoxy) is 1. The molecule has 1 fully saturated rings. The van der Waals surface area contributed by atoms with Crippen LogP contribution in [0.1, 0.15) is 0 Å². The number of halogens is 1. The van der Waals surface area contributed by atoms with Crippen molar-refractivity contribution in [3.63, 3.8) is 0 Å². The molecule has 0 amide bonds. The third-order valence-corrected chi connectivity index (χ3v) is 3.32. The molecule has 0 aromatic carbocycles. The second-order valence-corrected chi connectivity index (χ2v) is 4.37. The number of nitrogens with zero attached hydrogens (tertiary/aromatic N) is 1. The lowest BCUT2D eigenvalue weighted by Crippen LogP contribution is -2.34. The van der Waals surface area contributed by atoms with Crippen LogP contribution in [-0.2, 0) is 4.74 Å². The molecule has 0 radical (unpaired) electrons. The van der Waals surface area contributed by atoms with Crippen LogP contribution in [0.2, 0.25) is 0 Å². The van der Waals surface area contributed by atoms with Crippen LogP contribution < -0.4 is 16.2 Å². The number of aromatic nitrogens is 2. The molecule has 6 nitrogen and oxygen atoms in total. The molecule has 2 atom stereocenters. The molecule has 1 aliphatic heterocycles. The Labute approximate surface area is 101 Å². The molecule has 1 aromatic rings. The van der Waals surface area contributed by atoms with Gasteiger partial charge in [-0.25, -0.2) is 4.98 Å². The number of hydrogen-bond acceptors (Lipinski definition) is 5. The summed E-state index contributed by atoms with van der Waals surface area (Å²) in [5.41, 5.74) is -0.197. The fourth-order valence-corrected chi connectivity index (χ4v) is 2.04. The van der Waals surface area contributed by atoms with Crippen molar-refractivity contribution in [2.75, 3.05) is 25.5 Å². The molecule has 1 aromatic heterocycles. The maximum Gasteiger partial charge on any atom is 0.267 e. The molecule has 88 valence electrons. The highest BCUT2D eigenvalue weighted by atomic mass is 79.9. The van der Waals surface area contributed by atoms with E-state index in [2.05, 4.69) is 36.5 Å². The first kappa shape index (κ1) is 11.6. The maximum atomic E-state index is 11.3. The van der Waals surface area contributed by atoms with Crippen molar-refractivity contribution in [3.05, 3.63) is 21.2 Å². The quantitative estimate of drug-likeness (QED) is 0.726. The monoisotopic (exact) mass is 288 g/mol. The maximum absolute atomic E-state index is 11.3. The Bertz CT molecular complexity index is 422. The molecule has 2 heterocycles. The van der Waals surface area contributed by atoms with Crippen LogP contribution >= 0.6 is 15.9 Å². The van der Waals surface area contributed by atoms with E-state index in [0.29, 0.717) is 10.3 Å². The molecule has 1 saturated heterocycles. The molecule has 0 bridgehead atoms. The van der Waals surface area contributed by atoms with Crippen molar-refractivity contribution in [1.29, 1.82) is 0 Å². The molecule has 3 N–H and O–H groups in total. The first-order valence-electron chi connectivity index (χ1n) is 4.95. The second-order valence-electron chi connectivity index (χ2n) is 3.58. The Hall–Kier alpha value is -0.920. The summed E-state index contributed by atoms with van der Waals surface area (Å²) in [6.45, 7) is 1.59. The van der Waals surface area contributed by atoms with Crippen molar-refractivity contribution in [3.8, 4) is 0 Å². The van der Waals surface area contributed by atoms with Gasteiger partial charge in [-0.1, -0.05) is 0 Å². The summed E-state index contributed by atoms with van der Waals surface area (Å²) in [5.74, 6) is 0.541. The van der Waals surface area contributed by atoms with Crippen molar-refractivity contribution < 1.29 is 4.74 Å². The SMILES string of the molecule is CO[C@H]1CNCC1Nc1nc[nH]c(=O)c1Br. The third kappa shape index (κ3) is 2.26. The normalized spacial score (nSPS) is 24.6. The minimum absolute atomic E-state index is 0.0907. The van der Waals surface area contributed by atoms with Crippen molar-refractivity contribution >= 4 is 21.7 Å². The Morgan fingerprint density at radius 2 is 2.44 bits per heavy atom. The van der Waals surface area contributed by atoms with Gasteiger partial charge in [0.1, 0.15) is 10.3 Å². The standard InChI is InChI=1S/C9H13BrN4O2/c1-16-6-3-11-2-5(6)14-8-7(10)9(15)13-4-12-8/h4-6,11H,2-3H2,1H3,(H2,12,13,14,15)/t5?,6-/m0/s1. The van der Waals surface area contributed by atoms with Crippen molar-refractivity contribution in [2.24, 2.45) is 0 Å². The third-order valence-electron chi connectivity index (χ3n) is 2.58. The largest absolute Gasteiger partial charge is 0.378 e. The van der Waals surface area contributed by atoms with Gasteiger partial charge in [-0.05, 0) is 15.9 Å². The Morgan fingerprint density at radius 3 is 3.19 bits per heavy atom. The van der Waals surface area contributed by atoms with Crippen LogP contribution in [0.15, 0.2) is 15.6 Å². The molecule has 2 rings (SSSR count). The number of H-pyrrole nitrogens is 1. The lowest BCUT2D eigenvalue weighted by atomic mass is 10.2. The number of methoxy groups -OCH3 is 1. The highest BCUT2D eigenvalue weighted by Crippen LogP contribution is 2.17. The molecule has 7 heteroatoms. The van der Waals surface area contributed by atoms with E-state index in [1.54, 1.807) is 7.11 Å². The number of nitrogens with one attached hydrogen (secondary N) is 3. The average molecular weight is 289 g/mol. The van der Waals surface area contributed by atoms with Gasteiger partial charge in [-0.3, -0.25) is 4.79 Å². The van der Waals surface area contributed by atoms with Gasteiger partial charge >= 0.3 is 0 Å². The highest BCUT2D eigenvalue weighted by molar-refractivity contribution is 9.10. The number of rotatable bonds is 3. The minimum Gasteiger partial charge on any atom is -0.378 e. The van der Waals surface area contributed by atoms with Gasteiger partial charge in [0.15, 0.2) is 0 Å². The number of hydrogen-bond donors (Lipinski definition) is 3. The summed E-state index contributed by atoms with van der Waals surface area (Å²) >= 11 is 3.20. The lowest BCUT2D eigenvalue weighted by Gasteiger charge is -2.19. The van der Waals surface area contributed by atoms with Crippen molar-refractivity contribution in [2.45, 2.75) is 12.1 Å². The predicted molar refractivity (Wildman–Crippen MR) is 63.6 cm³/mol. The van der Waals surface area contributed by atoms with E-state index < -0.39 is 0 Å². The first-order valence-corrected chi connectivity index (χ1v) is 5.75. The van der Waals surface area contributed by atoms with Crippen LogP contribution in [0, 0.1) is 0 Å². The summed E-state index contributed by atoms with van der Waals surface area (Å²) in [6.07, 6.45) is 1.47. The van der Waals surface area contributed by atoms with E-state index in [4.69, 9.17) is 4.74 Å². The molecule has 1 aliphatic rings. The molecule has 0 aliphatic carbocycles. The summed E-state index contributed by atoms with van der Waals surface area (Å²) in [6, 6.07) is 0.121. The Kier molecular flexibility index (Phi) is 3.57. The van der Waals surface area contributed by atoms with E-state index >= 15 is 0 Å². The molecule has 16 heavy (non-hydrogen) atoms. The summed E-state index contributed by atoms with van der Waals surface area (Å²) in [5, 5.41) is 6.40. The molecule has 1 unspecified atom stereocenters. The Morgan fingerprint density at radius 1 is 1.62 bits per heavy atom. The van der Waals surface area contributed by atoms with Gasteiger partial charge in [-0.15, -0.1) is 0 Å².